The van der Waals surface area contributed by atoms with E-state index in [0.717, 1.165) is 11.0 Å². The number of nitro benzene ring substituents is 1. The third-order valence-electron chi connectivity index (χ3n) is 3.31. The molecule has 0 saturated carbocycles. The van der Waals surface area contributed by atoms with Crippen LogP contribution in [0.4, 0.5) is 5.69 Å². The van der Waals surface area contributed by atoms with Crippen LogP contribution in [-0.4, -0.2) is 33.5 Å². The van der Waals surface area contributed by atoms with E-state index in [-0.39, 0.29) is 29.0 Å². The lowest BCUT2D eigenvalue weighted by Crippen LogP contribution is -2.42. The number of non-ortho nitro benzene ring substituents is 1. The van der Waals surface area contributed by atoms with Gasteiger partial charge in [-0.05, 0) is 13.0 Å². The first-order chi connectivity index (χ1) is 9.38. The van der Waals surface area contributed by atoms with E-state index in [9.17, 15) is 24.5 Å². The van der Waals surface area contributed by atoms with Gasteiger partial charge in [0.05, 0.1) is 22.1 Å². The zero-order valence-electron chi connectivity index (χ0n) is 11.0. The molecule has 20 heavy (non-hydrogen) atoms. The lowest BCUT2D eigenvalue weighted by atomic mass is 10.1. The Hall–Kier alpha value is -2.57. The average Bonchev–Trinajstić information content (AvgIpc) is 2.68. The molecule has 1 unspecified atom stereocenters. The van der Waals surface area contributed by atoms with Gasteiger partial charge in [-0.25, -0.2) is 0 Å². The van der Waals surface area contributed by atoms with Gasteiger partial charge < -0.3 is 0 Å². The Bertz CT molecular complexity index is 638. The number of nitrogens with zero attached hydrogens (tertiary/aromatic N) is 2. The van der Waals surface area contributed by atoms with Gasteiger partial charge in [0.15, 0.2) is 5.78 Å². The molecule has 0 bridgehead atoms. The summed E-state index contributed by atoms with van der Waals surface area (Å²) in [6.07, 6.45) is 0.203. The molecule has 2 amide bonds. The number of Topliss-reactive ketones (excluding diaryl/α,β-unsaturated/α-hetero) is 1. The van der Waals surface area contributed by atoms with Crippen molar-refractivity contribution >= 4 is 23.3 Å². The van der Waals surface area contributed by atoms with Gasteiger partial charge in [0, 0.05) is 18.6 Å². The van der Waals surface area contributed by atoms with Gasteiger partial charge in [0.2, 0.25) is 0 Å². The maximum Gasteiger partial charge on any atom is 0.270 e. The first-order valence-electron chi connectivity index (χ1n) is 6.07. The molecule has 104 valence electrons. The number of amides is 2. The summed E-state index contributed by atoms with van der Waals surface area (Å²) in [7, 11) is 0. The summed E-state index contributed by atoms with van der Waals surface area (Å²) in [6.45, 7) is 3.11. The minimum absolute atomic E-state index is 0.0278. The molecule has 2 rings (SSSR count). The van der Waals surface area contributed by atoms with Gasteiger partial charge >= 0.3 is 0 Å². The summed E-state index contributed by atoms with van der Waals surface area (Å²) in [5.74, 6) is -1.49. The number of hydrogen-bond acceptors (Lipinski definition) is 5. The lowest BCUT2D eigenvalue weighted by molar-refractivity contribution is -0.384. The van der Waals surface area contributed by atoms with Gasteiger partial charge in [-0.15, -0.1) is 0 Å². The average molecular weight is 276 g/mol. The topological polar surface area (TPSA) is 97.6 Å². The second-order valence-electron chi connectivity index (χ2n) is 4.46. The summed E-state index contributed by atoms with van der Waals surface area (Å²) in [5, 5.41) is 10.7. The predicted molar refractivity (Wildman–Crippen MR) is 68.4 cm³/mol. The van der Waals surface area contributed by atoms with Crippen LogP contribution in [0, 0.1) is 10.1 Å². The van der Waals surface area contributed by atoms with E-state index in [2.05, 4.69) is 0 Å². The monoisotopic (exact) mass is 276 g/mol. The van der Waals surface area contributed by atoms with Crippen LogP contribution in [0.1, 0.15) is 41.0 Å². The highest BCUT2D eigenvalue weighted by Crippen LogP contribution is 2.28. The molecular formula is C13H12N2O5. The zero-order chi connectivity index (χ0) is 15.0. The van der Waals surface area contributed by atoms with E-state index in [0.29, 0.717) is 0 Å². The van der Waals surface area contributed by atoms with Crippen LogP contribution in [0.2, 0.25) is 0 Å². The number of hydrogen-bond donors (Lipinski definition) is 0. The molecule has 0 aromatic heterocycles. The van der Waals surface area contributed by atoms with Gasteiger partial charge in [0.25, 0.3) is 17.5 Å². The van der Waals surface area contributed by atoms with Crippen LogP contribution < -0.4 is 0 Å². The Morgan fingerprint density at radius 3 is 2.45 bits per heavy atom. The van der Waals surface area contributed by atoms with Crippen molar-refractivity contribution in [1.82, 2.24) is 4.90 Å². The molecule has 0 radical (unpaired) electrons. The normalized spacial score (nSPS) is 15.2. The Balaban J connectivity index is 2.45. The molecule has 1 aromatic carbocycles. The molecule has 0 N–H and O–H groups in total. The van der Waals surface area contributed by atoms with E-state index in [1.54, 1.807) is 6.92 Å². The minimum Gasteiger partial charge on any atom is -0.297 e. The second kappa shape index (κ2) is 4.84. The van der Waals surface area contributed by atoms with Gasteiger partial charge in [0.1, 0.15) is 0 Å². The smallest absolute Gasteiger partial charge is 0.270 e. The fourth-order valence-electron chi connectivity index (χ4n) is 2.15. The van der Waals surface area contributed by atoms with E-state index in [1.807, 2.05) is 0 Å². The number of ketones is 1. The largest absolute Gasteiger partial charge is 0.297 e. The molecule has 1 aliphatic heterocycles. The Kier molecular flexibility index (Phi) is 3.35. The van der Waals surface area contributed by atoms with Crippen LogP contribution in [0.5, 0.6) is 0 Å². The van der Waals surface area contributed by atoms with Crippen LogP contribution in [-0.2, 0) is 4.79 Å². The van der Waals surface area contributed by atoms with Crippen molar-refractivity contribution in [2.45, 2.75) is 26.3 Å². The highest BCUT2D eigenvalue weighted by atomic mass is 16.6. The highest BCUT2D eigenvalue weighted by molar-refractivity contribution is 6.23. The Morgan fingerprint density at radius 2 is 1.90 bits per heavy atom. The first kappa shape index (κ1) is 13.9. The molecule has 7 nitrogen and oxygen atoms in total. The summed E-state index contributed by atoms with van der Waals surface area (Å²) >= 11 is 0. The number of rotatable bonds is 4. The number of imide groups is 1. The van der Waals surface area contributed by atoms with E-state index < -0.39 is 22.8 Å². The van der Waals surface area contributed by atoms with Crippen molar-refractivity contribution in [3.8, 4) is 0 Å². The van der Waals surface area contributed by atoms with E-state index in [4.69, 9.17) is 0 Å². The summed E-state index contributed by atoms with van der Waals surface area (Å²) in [5.41, 5.74) is -0.197. The second-order valence-corrected chi connectivity index (χ2v) is 4.46. The van der Waals surface area contributed by atoms with E-state index in [1.165, 1.54) is 19.1 Å². The van der Waals surface area contributed by atoms with Crippen molar-refractivity contribution < 1.29 is 19.3 Å². The van der Waals surface area contributed by atoms with Gasteiger partial charge in [-0.3, -0.25) is 29.4 Å². The fourth-order valence-corrected chi connectivity index (χ4v) is 2.15. The van der Waals surface area contributed by atoms with Gasteiger partial charge in [-0.1, -0.05) is 6.92 Å². The van der Waals surface area contributed by atoms with Crippen molar-refractivity contribution in [3.63, 3.8) is 0 Å². The fraction of sp³-hybridized carbons (Fsp3) is 0.308. The summed E-state index contributed by atoms with van der Waals surface area (Å²) in [4.78, 5) is 46.9. The molecule has 1 aromatic rings. The standard InChI is InChI=1S/C13H12N2O5/c1-3-11(16)7(2)14-12(17)9-5-4-8(15(19)20)6-10(9)13(14)18/h4-7H,3H2,1-2H3. The van der Waals surface area contributed by atoms with E-state index >= 15 is 0 Å². The lowest BCUT2D eigenvalue weighted by Gasteiger charge is -2.20. The third kappa shape index (κ3) is 1.97. The van der Waals surface area contributed by atoms with Crippen LogP contribution in [0.3, 0.4) is 0 Å². The molecule has 0 saturated heterocycles. The highest BCUT2D eigenvalue weighted by Gasteiger charge is 2.41. The van der Waals surface area contributed by atoms with Crippen LogP contribution in [0.25, 0.3) is 0 Å². The van der Waals surface area contributed by atoms with Gasteiger partial charge in [-0.2, -0.15) is 0 Å². The van der Waals surface area contributed by atoms with Crippen molar-refractivity contribution in [2.75, 3.05) is 0 Å². The molecule has 1 heterocycles. The Morgan fingerprint density at radius 1 is 1.30 bits per heavy atom. The molecule has 7 heteroatoms. The number of carbonyl (C=O) groups excluding carboxylic acids is 3. The first-order valence-corrected chi connectivity index (χ1v) is 6.07. The van der Waals surface area contributed by atoms with Crippen molar-refractivity contribution in [1.29, 1.82) is 0 Å². The number of carbonyl (C=O) groups is 3. The maximum atomic E-state index is 12.2. The predicted octanol–water partition coefficient (Wildman–Crippen LogP) is 1.56. The molecule has 0 spiro atoms. The molecule has 1 aliphatic rings. The molecule has 1 atom stereocenters. The summed E-state index contributed by atoms with van der Waals surface area (Å²) < 4.78 is 0. The SMILES string of the molecule is CCC(=O)C(C)N1C(=O)c2ccc([N+](=O)[O-])cc2C1=O. The zero-order valence-corrected chi connectivity index (χ0v) is 11.0. The molecular weight excluding hydrogens is 264 g/mol. The number of nitro groups is 1. The summed E-state index contributed by atoms with van der Waals surface area (Å²) in [6, 6.07) is 2.61. The number of benzene rings is 1. The van der Waals surface area contributed by atoms with Crippen molar-refractivity contribution in [3.05, 3.63) is 39.4 Å². The van der Waals surface area contributed by atoms with Crippen molar-refractivity contribution in [2.24, 2.45) is 0 Å². The quantitative estimate of drug-likeness (QED) is 0.472. The number of fused-ring (bicyclic) bond motifs is 1. The molecule has 0 fully saturated rings. The Labute approximate surface area is 114 Å². The van der Waals surface area contributed by atoms with Crippen LogP contribution >= 0.6 is 0 Å². The third-order valence-corrected chi connectivity index (χ3v) is 3.31. The molecule has 0 aliphatic carbocycles. The maximum absolute atomic E-state index is 12.2. The minimum atomic E-state index is -0.869. The van der Waals surface area contributed by atoms with Crippen LogP contribution in [0.15, 0.2) is 18.2 Å².